The first-order valence-corrected chi connectivity index (χ1v) is 5.38. The van der Waals surface area contributed by atoms with E-state index in [0.29, 0.717) is 0 Å². The summed E-state index contributed by atoms with van der Waals surface area (Å²) >= 11 is 5.55. The molecule has 0 aliphatic heterocycles. The first-order chi connectivity index (χ1) is 8.47. The molecule has 0 unspecified atom stereocenters. The van der Waals surface area contributed by atoms with Gasteiger partial charge in [0.05, 0.1) is 17.2 Å². The predicted octanol–water partition coefficient (Wildman–Crippen LogP) is 0.709. The van der Waals surface area contributed by atoms with Gasteiger partial charge in [-0.15, -0.1) is 0 Å². The number of primary amides is 1. The molecule has 5 nitrogen and oxygen atoms in total. The summed E-state index contributed by atoms with van der Waals surface area (Å²) in [7, 11) is 1.35. The summed E-state index contributed by atoms with van der Waals surface area (Å²) in [5.41, 5.74) is 4.80. The van der Waals surface area contributed by atoms with E-state index in [1.165, 1.54) is 25.3 Å². The third-order valence-corrected chi connectivity index (χ3v) is 2.47. The van der Waals surface area contributed by atoms with Gasteiger partial charge in [0.2, 0.25) is 5.91 Å². The lowest BCUT2D eigenvalue weighted by molar-refractivity contribution is -0.121. The Morgan fingerprint density at radius 2 is 2.22 bits per heavy atom. The van der Waals surface area contributed by atoms with Gasteiger partial charge in [0.1, 0.15) is 6.04 Å². The van der Waals surface area contributed by atoms with Crippen molar-refractivity contribution in [2.24, 2.45) is 5.73 Å². The fourth-order valence-electron chi connectivity index (χ4n) is 1.28. The second-order valence-electron chi connectivity index (χ2n) is 3.49. The number of nitrogens with one attached hydrogen (secondary N) is 1. The van der Waals surface area contributed by atoms with Gasteiger partial charge in [-0.1, -0.05) is 17.7 Å². The number of hydrogen-bond acceptors (Lipinski definition) is 3. The standard InChI is InChI=1S/C11H12ClFN2O3/c1-18-5-8(10(14)16)15-11(17)6-3-2-4-7(12)9(6)13/h2-4,8H,5H2,1H3,(H2,14,16)(H,15,17)/t8-/m0/s1. The molecule has 0 bridgehead atoms. The lowest BCUT2D eigenvalue weighted by Crippen LogP contribution is -2.47. The third-order valence-electron chi connectivity index (χ3n) is 2.18. The number of carbonyl (C=O) groups excluding carboxylic acids is 2. The molecule has 1 rings (SSSR count). The minimum Gasteiger partial charge on any atom is -0.382 e. The molecule has 3 N–H and O–H groups in total. The summed E-state index contributed by atoms with van der Waals surface area (Å²) in [4.78, 5) is 22.8. The van der Waals surface area contributed by atoms with Crippen molar-refractivity contribution in [3.05, 3.63) is 34.6 Å². The number of rotatable bonds is 5. The van der Waals surface area contributed by atoms with Crippen LogP contribution >= 0.6 is 11.6 Å². The number of ether oxygens (including phenoxy) is 1. The molecule has 0 aliphatic carbocycles. The lowest BCUT2D eigenvalue weighted by Gasteiger charge is -2.14. The van der Waals surface area contributed by atoms with E-state index in [1.54, 1.807) is 0 Å². The average Bonchev–Trinajstić information content (AvgIpc) is 2.31. The number of amides is 2. The van der Waals surface area contributed by atoms with Crippen molar-refractivity contribution < 1.29 is 18.7 Å². The van der Waals surface area contributed by atoms with Gasteiger partial charge in [0.15, 0.2) is 5.82 Å². The first kappa shape index (κ1) is 14.4. The molecule has 1 aromatic carbocycles. The lowest BCUT2D eigenvalue weighted by atomic mass is 10.2. The summed E-state index contributed by atoms with van der Waals surface area (Å²) < 4.78 is 18.3. The molecule has 7 heteroatoms. The van der Waals surface area contributed by atoms with Crippen LogP contribution in [0.2, 0.25) is 5.02 Å². The Hall–Kier alpha value is -1.66. The fraction of sp³-hybridized carbons (Fsp3) is 0.273. The fourth-order valence-corrected chi connectivity index (χ4v) is 1.45. The van der Waals surface area contributed by atoms with Crippen LogP contribution in [-0.4, -0.2) is 31.6 Å². The van der Waals surface area contributed by atoms with Gasteiger partial charge in [-0.2, -0.15) is 0 Å². The molecule has 18 heavy (non-hydrogen) atoms. The number of carbonyl (C=O) groups is 2. The third kappa shape index (κ3) is 3.41. The molecule has 0 heterocycles. The first-order valence-electron chi connectivity index (χ1n) is 5.00. The SMILES string of the molecule is COC[C@H](NC(=O)c1cccc(Cl)c1F)C(N)=O. The predicted molar refractivity (Wildman–Crippen MR) is 63.7 cm³/mol. The van der Waals surface area contributed by atoms with Crippen LogP contribution in [0.4, 0.5) is 4.39 Å². The van der Waals surface area contributed by atoms with Crippen LogP contribution in [0.25, 0.3) is 0 Å². The van der Waals surface area contributed by atoms with Gasteiger partial charge in [0, 0.05) is 7.11 Å². The minimum atomic E-state index is -1.03. The van der Waals surface area contributed by atoms with E-state index in [9.17, 15) is 14.0 Å². The number of hydrogen-bond donors (Lipinski definition) is 2. The van der Waals surface area contributed by atoms with E-state index in [2.05, 4.69) is 5.32 Å². The van der Waals surface area contributed by atoms with E-state index >= 15 is 0 Å². The van der Waals surface area contributed by atoms with Gasteiger partial charge < -0.3 is 15.8 Å². The normalized spacial score (nSPS) is 11.9. The summed E-state index contributed by atoms with van der Waals surface area (Å²) in [5.74, 6) is -2.40. The molecule has 2 amide bonds. The van der Waals surface area contributed by atoms with E-state index in [0.717, 1.165) is 0 Å². The van der Waals surface area contributed by atoms with Crippen molar-refractivity contribution in [2.75, 3.05) is 13.7 Å². The molecule has 0 saturated carbocycles. The maximum atomic E-state index is 13.5. The van der Waals surface area contributed by atoms with Crippen molar-refractivity contribution in [1.82, 2.24) is 5.32 Å². The second kappa shape index (κ2) is 6.32. The molecule has 0 aliphatic rings. The van der Waals surface area contributed by atoms with Crippen LogP contribution in [-0.2, 0) is 9.53 Å². The molecule has 98 valence electrons. The van der Waals surface area contributed by atoms with Crippen molar-refractivity contribution in [2.45, 2.75) is 6.04 Å². The topological polar surface area (TPSA) is 81.4 Å². The quantitative estimate of drug-likeness (QED) is 0.830. The maximum absolute atomic E-state index is 13.5. The second-order valence-corrected chi connectivity index (χ2v) is 3.89. The van der Waals surface area contributed by atoms with Crippen LogP contribution in [0, 0.1) is 5.82 Å². The van der Waals surface area contributed by atoms with Crippen LogP contribution in [0.1, 0.15) is 10.4 Å². The Bertz CT molecular complexity index is 468. The van der Waals surface area contributed by atoms with Crippen molar-refractivity contribution in [1.29, 1.82) is 0 Å². The molecule has 1 aromatic rings. The smallest absolute Gasteiger partial charge is 0.255 e. The molecule has 0 aromatic heterocycles. The zero-order valence-corrected chi connectivity index (χ0v) is 10.3. The van der Waals surface area contributed by atoms with Crippen LogP contribution < -0.4 is 11.1 Å². The Morgan fingerprint density at radius 3 is 2.78 bits per heavy atom. The van der Waals surface area contributed by atoms with Crippen LogP contribution in [0.3, 0.4) is 0 Å². The molecular formula is C11H12ClFN2O3. The van der Waals surface area contributed by atoms with E-state index < -0.39 is 23.7 Å². The Morgan fingerprint density at radius 1 is 1.56 bits per heavy atom. The largest absolute Gasteiger partial charge is 0.382 e. The average molecular weight is 275 g/mol. The summed E-state index contributed by atoms with van der Waals surface area (Å²) in [6, 6.07) is 2.96. The van der Waals surface area contributed by atoms with Crippen LogP contribution in [0.5, 0.6) is 0 Å². The molecule has 0 spiro atoms. The van der Waals surface area contributed by atoms with E-state index in [4.69, 9.17) is 22.1 Å². The summed E-state index contributed by atoms with van der Waals surface area (Å²) in [5, 5.41) is 2.09. The van der Waals surface area contributed by atoms with Gasteiger partial charge in [0.25, 0.3) is 5.91 Å². The van der Waals surface area contributed by atoms with Gasteiger partial charge >= 0.3 is 0 Å². The Kier molecular flexibility index (Phi) is 5.06. The monoisotopic (exact) mass is 274 g/mol. The summed E-state index contributed by atoms with van der Waals surface area (Å²) in [6.07, 6.45) is 0. The molecular weight excluding hydrogens is 263 g/mol. The number of halogens is 2. The Labute approximate surface area is 108 Å². The highest BCUT2D eigenvalue weighted by atomic mass is 35.5. The molecule has 0 saturated heterocycles. The highest BCUT2D eigenvalue weighted by Crippen LogP contribution is 2.17. The van der Waals surface area contributed by atoms with Gasteiger partial charge in [-0.25, -0.2) is 4.39 Å². The van der Waals surface area contributed by atoms with Crippen molar-refractivity contribution in [3.8, 4) is 0 Å². The zero-order valence-electron chi connectivity index (χ0n) is 9.57. The maximum Gasteiger partial charge on any atom is 0.255 e. The van der Waals surface area contributed by atoms with Crippen LogP contribution in [0.15, 0.2) is 18.2 Å². The zero-order chi connectivity index (χ0) is 13.7. The summed E-state index contributed by atoms with van der Waals surface area (Å²) in [6.45, 7) is -0.0940. The Balaban J connectivity index is 2.87. The molecule has 0 radical (unpaired) electrons. The molecule has 0 fully saturated rings. The van der Waals surface area contributed by atoms with Crippen molar-refractivity contribution in [3.63, 3.8) is 0 Å². The van der Waals surface area contributed by atoms with Crippen molar-refractivity contribution >= 4 is 23.4 Å². The van der Waals surface area contributed by atoms with Gasteiger partial charge in [-0.3, -0.25) is 9.59 Å². The molecule has 1 atom stereocenters. The number of nitrogens with two attached hydrogens (primary N) is 1. The number of benzene rings is 1. The van der Waals surface area contributed by atoms with Gasteiger partial charge in [-0.05, 0) is 12.1 Å². The van der Waals surface area contributed by atoms with E-state index in [1.807, 2.05) is 0 Å². The minimum absolute atomic E-state index is 0.0940. The number of methoxy groups -OCH3 is 1. The van der Waals surface area contributed by atoms with E-state index in [-0.39, 0.29) is 17.2 Å². The highest BCUT2D eigenvalue weighted by molar-refractivity contribution is 6.31. The highest BCUT2D eigenvalue weighted by Gasteiger charge is 2.21.